The van der Waals surface area contributed by atoms with Crippen LogP contribution in [0.2, 0.25) is 0 Å². The van der Waals surface area contributed by atoms with Crippen molar-refractivity contribution >= 4 is 28.9 Å². The minimum Gasteiger partial charge on any atom is -0.459 e. The molecule has 0 bridgehead atoms. The molecule has 1 aromatic heterocycles. The fourth-order valence-corrected chi connectivity index (χ4v) is 2.70. The van der Waals surface area contributed by atoms with Crippen LogP contribution in [-0.4, -0.2) is 16.1 Å². The number of rotatable bonds is 4. The smallest absolute Gasteiger partial charge is 0.260 e. The lowest BCUT2D eigenvalue weighted by Crippen LogP contribution is -2.34. The molecule has 1 heterocycles. The highest BCUT2D eigenvalue weighted by atomic mass is 32.1. The molecule has 0 spiro atoms. The number of carbonyl (C=O) groups excluding carboxylic acids is 1. The number of aliphatic hydroxyl groups is 1. The summed E-state index contributed by atoms with van der Waals surface area (Å²) in [5.41, 5.74) is 2.27. The number of furan rings is 1. The van der Waals surface area contributed by atoms with E-state index in [2.05, 4.69) is 10.6 Å². The van der Waals surface area contributed by atoms with Crippen molar-refractivity contribution in [2.75, 3.05) is 5.32 Å². The van der Waals surface area contributed by atoms with E-state index in [1.54, 1.807) is 18.2 Å². The Morgan fingerprint density at radius 3 is 2.67 bits per heavy atom. The first kappa shape index (κ1) is 18.8. The number of amides is 1. The van der Waals surface area contributed by atoms with Gasteiger partial charge in [0.2, 0.25) is 0 Å². The quantitative estimate of drug-likeness (QED) is 0.593. The standard InChI is InChI=1S/C20H17FN2O3S/c1-12-6-7-13(18-9-8-14(11-24)26-18)10-17(12)22-20(27)23-19(25)15-4-2-3-5-16(15)21/h2-10,24H,11H2,1H3,(H2,22,23,25,27). The van der Waals surface area contributed by atoms with Crippen LogP contribution in [0.3, 0.4) is 0 Å². The molecule has 27 heavy (non-hydrogen) atoms. The van der Waals surface area contributed by atoms with Gasteiger partial charge in [-0.1, -0.05) is 24.3 Å². The second-order valence-corrected chi connectivity index (χ2v) is 6.25. The topological polar surface area (TPSA) is 74.5 Å². The highest BCUT2D eigenvalue weighted by Gasteiger charge is 2.13. The van der Waals surface area contributed by atoms with Gasteiger partial charge < -0.3 is 14.8 Å². The van der Waals surface area contributed by atoms with Crippen molar-refractivity contribution in [1.29, 1.82) is 0 Å². The highest BCUT2D eigenvalue weighted by Crippen LogP contribution is 2.27. The minimum atomic E-state index is -0.627. The van der Waals surface area contributed by atoms with Gasteiger partial charge >= 0.3 is 0 Å². The van der Waals surface area contributed by atoms with Crippen molar-refractivity contribution in [1.82, 2.24) is 5.32 Å². The van der Waals surface area contributed by atoms with E-state index < -0.39 is 11.7 Å². The maximum atomic E-state index is 13.7. The first-order valence-electron chi connectivity index (χ1n) is 8.15. The molecule has 0 radical (unpaired) electrons. The Bertz CT molecular complexity index is 1000. The summed E-state index contributed by atoms with van der Waals surface area (Å²) in [5.74, 6) is -0.178. The van der Waals surface area contributed by atoms with Crippen LogP contribution in [0.25, 0.3) is 11.3 Å². The summed E-state index contributed by atoms with van der Waals surface area (Å²) in [6.45, 7) is 1.71. The summed E-state index contributed by atoms with van der Waals surface area (Å²) in [7, 11) is 0. The Hall–Kier alpha value is -3.03. The zero-order valence-corrected chi connectivity index (χ0v) is 15.3. The van der Waals surface area contributed by atoms with Crippen LogP contribution >= 0.6 is 12.2 Å². The van der Waals surface area contributed by atoms with Crippen molar-refractivity contribution in [3.63, 3.8) is 0 Å². The second-order valence-electron chi connectivity index (χ2n) is 5.84. The number of aryl methyl sites for hydroxylation is 1. The molecule has 7 heteroatoms. The van der Waals surface area contributed by atoms with Gasteiger partial charge in [-0.3, -0.25) is 10.1 Å². The molecule has 0 atom stereocenters. The van der Waals surface area contributed by atoms with Crippen molar-refractivity contribution in [3.8, 4) is 11.3 Å². The first-order chi connectivity index (χ1) is 13.0. The van der Waals surface area contributed by atoms with E-state index in [1.165, 1.54) is 18.2 Å². The van der Waals surface area contributed by atoms with Gasteiger partial charge in [0.25, 0.3) is 5.91 Å². The van der Waals surface area contributed by atoms with E-state index in [0.29, 0.717) is 17.2 Å². The number of carbonyl (C=O) groups is 1. The number of halogens is 1. The number of benzene rings is 2. The average molecular weight is 384 g/mol. The highest BCUT2D eigenvalue weighted by molar-refractivity contribution is 7.80. The molecule has 3 N–H and O–H groups in total. The molecule has 0 saturated heterocycles. The fourth-order valence-electron chi connectivity index (χ4n) is 2.50. The number of hydrogen-bond donors (Lipinski definition) is 3. The van der Waals surface area contributed by atoms with Crippen molar-refractivity contribution < 1.29 is 18.7 Å². The maximum Gasteiger partial charge on any atom is 0.260 e. The number of anilines is 1. The number of nitrogens with one attached hydrogen (secondary N) is 2. The van der Waals surface area contributed by atoms with Gasteiger partial charge in [-0.25, -0.2) is 4.39 Å². The monoisotopic (exact) mass is 384 g/mol. The second kappa shape index (κ2) is 8.11. The lowest BCUT2D eigenvalue weighted by molar-refractivity contribution is 0.0974. The van der Waals surface area contributed by atoms with Crippen molar-refractivity contribution in [3.05, 3.63) is 77.3 Å². The van der Waals surface area contributed by atoms with Crippen molar-refractivity contribution in [2.24, 2.45) is 0 Å². The predicted molar refractivity (Wildman–Crippen MR) is 105 cm³/mol. The summed E-state index contributed by atoms with van der Waals surface area (Å²) in [5, 5.41) is 14.6. The van der Waals surface area contributed by atoms with Gasteiger partial charge in [-0.05, 0) is 55.0 Å². The normalized spacial score (nSPS) is 10.5. The van der Waals surface area contributed by atoms with Gasteiger partial charge in [0.1, 0.15) is 23.9 Å². The van der Waals surface area contributed by atoms with E-state index in [1.807, 2.05) is 25.1 Å². The van der Waals surface area contributed by atoms with Crippen LogP contribution in [0.15, 0.2) is 59.0 Å². The third-order valence-corrected chi connectivity index (χ3v) is 4.14. The third kappa shape index (κ3) is 4.39. The molecule has 3 rings (SSSR count). The third-order valence-electron chi connectivity index (χ3n) is 3.93. The fraction of sp³-hybridized carbons (Fsp3) is 0.100. The maximum absolute atomic E-state index is 13.7. The molecule has 0 fully saturated rings. The Morgan fingerprint density at radius 2 is 1.96 bits per heavy atom. The van der Waals surface area contributed by atoms with E-state index in [-0.39, 0.29) is 17.3 Å². The van der Waals surface area contributed by atoms with Crippen molar-refractivity contribution in [2.45, 2.75) is 13.5 Å². The Labute approximate surface area is 160 Å². The zero-order chi connectivity index (χ0) is 19.4. The first-order valence-corrected chi connectivity index (χ1v) is 8.56. The molecular formula is C20H17FN2O3S. The van der Waals surface area contributed by atoms with Crippen LogP contribution < -0.4 is 10.6 Å². The predicted octanol–water partition coefficient (Wildman–Crippen LogP) is 4.01. The summed E-state index contributed by atoms with van der Waals surface area (Å²) >= 11 is 5.18. The van der Waals surface area contributed by atoms with E-state index in [9.17, 15) is 9.18 Å². The molecule has 0 aliphatic carbocycles. The van der Waals surface area contributed by atoms with Crippen LogP contribution in [-0.2, 0) is 6.61 Å². The lowest BCUT2D eigenvalue weighted by atomic mass is 10.1. The molecule has 0 saturated carbocycles. The lowest BCUT2D eigenvalue weighted by Gasteiger charge is -2.13. The van der Waals surface area contributed by atoms with Gasteiger partial charge in [0, 0.05) is 11.3 Å². The molecule has 0 aliphatic heterocycles. The molecular weight excluding hydrogens is 367 g/mol. The summed E-state index contributed by atoms with van der Waals surface area (Å²) in [6.07, 6.45) is 0. The summed E-state index contributed by atoms with van der Waals surface area (Å²) in [4.78, 5) is 12.2. The van der Waals surface area contributed by atoms with Gasteiger partial charge in [-0.15, -0.1) is 0 Å². The molecule has 138 valence electrons. The number of aliphatic hydroxyl groups excluding tert-OH is 1. The molecule has 1 amide bonds. The van der Waals surface area contributed by atoms with E-state index >= 15 is 0 Å². The molecule has 0 unspecified atom stereocenters. The number of hydrogen-bond acceptors (Lipinski definition) is 4. The van der Waals surface area contributed by atoms with Crippen LogP contribution in [0.4, 0.5) is 10.1 Å². The van der Waals surface area contributed by atoms with E-state index in [0.717, 1.165) is 11.1 Å². The van der Waals surface area contributed by atoms with Crippen LogP contribution in [0.5, 0.6) is 0 Å². The molecule has 2 aromatic carbocycles. The van der Waals surface area contributed by atoms with E-state index in [4.69, 9.17) is 21.7 Å². The Morgan fingerprint density at radius 1 is 1.19 bits per heavy atom. The molecule has 0 aliphatic rings. The summed E-state index contributed by atoms with van der Waals surface area (Å²) in [6, 6.07) is 14.7. The van der Waals surface area contributed by atoms with Gasteiger partial charge in [0.15, 0.2) is 5.11 Å². The largest absolute Gasteiger partial charge is 0.459 e. The number of thiocarbonyl (C=S) groups is 1. The molecule has 3 aromatic rings. The Kier molecular flexibility index (Phi) is 5.63. The SMILES string of the molecule is Cc1ccc(-c2ccc(CO)o2)cc1NC(=S)NC(=O)c1ccccc1F. The minimum absolute atomic E-state index is 0.0546. The Balaban J connectivity index is 1.74. The van der Waals surface area contributed by atoms with Gasteiger partial charge in [-0.2, -0.15) is 0 Å². The molecule has 5 nitrogen and oxygen atoms in total. The van der Waals surface area contributed by atoms with Crippen LogP contribution in [0, 0.1) is 12.7 Å². The van der Waals surface area contributed by atoms with Gasteiger partial charge in [0.05, 0.1) is 5.56 Å². The average Bonchev–Trinajstić information content (AvgIpc) is 3.13. The summed E-state index contributed by atoms with van der Waals surface area (Å²) < 4.78 is 19.2. The zero-order valence-electron chi connectivity index (χ0n) is 14.5. The van der Waals surface area contributed by atoms with Crippen LogP contribution in [0.1, 0.15) is 21.7 Å².